The van der Waals surface area contributed by atoms with Crippen molar-refractivity contribution >= 4 is 12.2 Å². The lowest BCUT2D eigenvalue weighted by Crippen LogP contribution is -2.03. The molecule has 1 N–H and O–H groups in total. The third-order valence-electron chi connectivity index (χ3n) is 1.99. The first-order valence-corrected chi connectivity index (χ1v) is 4.61. The Morgan fingerprint density at radius 1 is 1.46 bits per heavy atom. The summed E-state index contributed by atoms with van der Waals surface area (Å²) in [6, 6.07) is 0. The van der Waals surface area contributed by atoms with Crippen molar-refractivity contribution in [1.82, 2.24) is 9.97 Å². The van der Waals surface area contributed by atoms with Crippen molar-refractivity contribution in [3.05, 3.63) is 21.7 Å². The molecule has 1 aromatic heterocycles. The molecular formula is C9H14N2OS. The first kappa shape index (κ1) is 10.3. The van der Waals surface area contributed by atoms with Gasteiger partial charge in [-0.25, -0.2) is 4.98 Å². The van der Waals surface area contributed by atoms with E-state index in [9.17, 15) is 0 Å². The van der Waals surface area contributed by atoms with E-state index in [1.54, 1.807) is 7.11 Å². The van der Waals surface area contributed by atoms with Gasteiger partial charge in [-0.05, 0) is 13.8 Å². The number of rotatable bonds is 3. The minimum atomic E-state index is 0.667. The number of aromatic nitrogens is 2. The number of aryl methyl sites for hydroxylation is 1. The molecule has 0 amide bonds. The molecule has 72 valence electrons. The highest BCUT2D eigenvalue weighted by atomic mass is 32.1. The molecule has 0 spiro atoms. The fourth-order valence-corrected chi connectivity index (χ4v) is 1.29. The largest absolute Gasteiger partial charge is 0.384 e. The lowest BCUT2D eigenvalue weighted by Gasteiger charge is -2.04. The maximum Gasteiger partial charge on any atom is 0.132 e. The van der Waals surface area contributed by atoms with E-state index in [0.29, 0.717) is 11.2 Å². The third-order valence-corrected chi connectivity index (χ3v) is 2.39. The third kappa shape index (κ3) is 2.60. The normalized spacial score (nSPS) is 10.4. The Kier molecular flexibility index (Phi) is 3.57. The monoisotopic (exact) mass is 198 g/mol. The summed E-state index contributed by atoms with van der Waals surface area (Å²) in [5.41, 5.74) is 2.14. The zero-order valence-electron chi connectivity index (χ0n) is 8.18. The van der Waals surface area contributed by atoms with Gasteiger partial charge in [-0.15, -0.1) is 0 Å². The number of aromatic amines is 1. The number of ether oxygens (including phenoxy) is 1. The van der Waals surface area contributed by atoms with Gasteiger partial charge >= 0.3 is 0 Å². The maximum atomic E-state index is 5.11. The molecule has 0 atom stereocenters. The van der Waals surface area contributed by atoms with Gasteiger partial charge < -0.3 is 9.72 Å². The highest BCUT2D eigenvalue weighted by molar-refractivity contribution is 7.71. The van der Waals surface area contributed by atoms with E-state index in [0.717, 1.165) is 23.5 Å². The molecule has 13 heavy (non-hydrogen) atoms. The van der Waals surface area contributed by atoms with Crippen molar-refractivity contribution in [2.45, 2.75) is 20.3 Å². The molecule has 0 aromatic carbocycles. The highest BCUT2D eigenvalue weighted by Gasteiger charge is 2.00. The summed E-state index contributed by atoms with van der Waals surface area (Å²) >= 11 is 5.11. The Bertz CT molecular complexity index is 346. The van der Waals surface area contributed by atoms with Crippen LogP contribution in [0.1, 0.15) is 17.1 Å². The van der Waals surface area contributed by atoms with Crippen LogP contribution in [0.15, 0.2) is 0 Å². The molecule has 1 rings (SSSR count). The number of H-pyrrole nitrogens is 1. The van der Waals surface area contributed by atoms with Crippen LogP contribution in [0.25, 0.3) is 0 Å². The summed E-state index contributed by atoms with van der Waals surface area (Å²) in [5, 5.41) is 0. The molecule has 1 heterocycles. The quantitative estimate of drug-likeness (QED) is 0.754. The Morgan fingerprint density at radius 2 is 2.15 bits per heavy atom. The molecule has 0 aliphatic carbocycles. The van der Waals surface area contributed by atoms with E-state index in [4.69, 9.17) is 17.0 Å². The molecule has 0 unspecified atom stereocenters. The average molecular weight is 198 g/mol. The number of hydrogen-bond acceptors (Lipinski definition) is 3. The predicted octanol–water partition coefficient (Wildman–Crippen LogP) is 1.94. The number of nitrogens with one attached hydrogen (secondary N) is 1. The molecule has 0 aliphatic heterocycles. The summed E-state index contributed by atoms with van der Waals surface area (Å²) in [6.45, 7) is 4.64. The molecule has 0 aliphatic rings. The molecule has 0 fully saturated rings. The topological polar surface area (TPSA) is 37.9 Å². The van der Waals surface area contributed by atoms with Gasteiger partial charge in [0.2, 0.25) is 0 Å². The summed E-state index contributed by atoms with van der Waals surface area (Å²) in [4.78, 5) is 7.44. The molecule has 4 heteroatoms. The summed E-state index contributed by atoms with van der Waals surface area (Å²) < 4.78 is 5.64. The second-order valence-corrected chi connectivity index (χ2v) is 3.37. The molecule has 1 aromatic rings. The van der Waals surface area contributed by atoms with Crippen molar-refractivity contribution in [2.75, 3.05) is 13.7 Å². The lowest BCUT2D eigenvalue weighted by molar-refractivity contribution is 0.200. The first-order chi connectivity index (χ1) is 6.15. The Balaban J connectivity index is 2.93. The second-order valence-electron chi connectivity index (χ2n) is 2.98. The smallest absolute Gasteiger partial charge is 0.132 e. The zero-order chi connectivity index (χ0) is 9.84. The molecule has 0 radical (unpaired) electrons. The molecule has 0 saturated heterocycles. The van der Waals surface area contributed by atoms with Crippen LogP contribution < -0.4 is 0 Å². The summed E-state index contributed by atoms with van der Waals surface area (Å²) in [5.74, 6) is 0.898. The molecule has 3 nitrogen and oxygen atoms in total. The van der Waals surface area contributed by atoms with Crippen LogP contribution in [0.5, 0.6) is 0 Å². The van der Waals surface area contributed by atoms with Gasteiger partial charge in [-0.2, -0.15) is 0 Å². The minimum absolute atomic E-state index is 0.667. The SMILES string of the molecule is COCCc1nc(=S)c(C)c(C)[nH]1. The van der Waals surface area contributed by atoms with Crippen LogP contribution >= 0.6 is 12.2 Å². The van der Waals surface area contributed by atoms with Crippen LogP contribution in [0.4, 0.5) is 0 Å². The molecular weight excluding hydrogens is 184 g/mol. The summed E-state index contributed by atoms with van der Waals surface area (Å²) in [7, 11) is 1.68. The Hall–Kier alpha value is -0.740. The zero-order valence-corrected chi connectivity index (χ0v) is 8.99. The van der Waals surface area contributed by atoms with E-state index in [-0.39, 0.29) is 0 Å². The van der Waals surface area contributed by atoms with Crippen molar-refractivity contribution in [3.8, 4) is 0 Å². The van der Waals surface area contributed by atoms with Gasteiger partial charge in [0.15, 0.2) is 0 Å². The fourth-order valence-electron chi connectivity index (χ4n) is 1.02. The van der Waals surface area contributed by atoms with E-state index in [1.165, 1.54) is 0 Å². The van der Waals surface area contributed by atoms with Crippen LogP contribution in [-0.4, -0.2) is 23.7 Å². The second kappa shape index (κ2) is 4.48. The van der Waals surface area contributed by atoms with E-state index >= 15 is 0 Å². The van der Waals surface area contributed by atoms with Crippen LogP contribution in [0.2, 0.25) is 0 Å². The Morgan fingerprint density at radius 3 is 2.69 bits per heavy atom. The van der Waals surface area contributed by atoms with Gasteiger partial charge in [0.05, 0.1) is 6.61 Å². The van der Waals surface area contributed by atoms with Gasteiger partial charge in [-0.1, -0.05) is 12.2 Å². The maximum absolute atomic E-state index is 5.11. The van der Waals surface area contributed by atoms with Gasteiger partial charge in [0, 0.05) is 24.8 Å². The van der Waals surface area contributed by atoms with E-state index in [1.807, 2.05) is 13.8 Å². The molecule has 0 bridgehead atoms. The lowest BCUT2D eigenvalue weighted by atomic mass is 10.2. The van der Waals surface area contributed by atoms with Crippen LogP contribution in [-0.2, 0) is 11.2 Å². The van der Waals surface area contributed by atoms with Gasteiger partial charge in [0.25, 0.3) is 0 Å². The Labute approximate surface area is 83.2 Å². The fraction of sp³-hybridized carbons (Fsp3) is 0.556. The van der Waals surface area contributed by atoms with Gasteiger partial charge in [-0.3, -0.25) is 0 Å². The predicted molar refractivity (Wildman–Crippen MR) is 54.5 cm³/mol. The van der Waals surface area contributed by atoms with E-state index in [2.05, 4.69) is 9.97 Å². The van der Waals surface area contributed by atoms with E-state index < -0.39 is 0 Å². The van der Waals surface area contributed by atoms with Crippen molar-refractivity contribution in [1.29, 1.82) is 0 Å². The highest BCUT2D eigenvalue weighted by Crippen LogP contribution is 2.04. The van der Waals surface area contributed by atoms with Crippen LogP contribution in [0, 0.1) is 18.5 Å². The average Bonchev–Trinajstić information content (AvgIpc) is 2.10. The first-order valence-electron chi connectivity index (χ1n) is 4.20. The minimum Gasteiger partial charge on any atom is -0.384 e. The number of methoxy groups -OCH3 is 1. The summed E-state index contributed by atoms with van der Waals surface area (Å²) in [6.07, 6.45) is 0.779. The number of hydrogen-bond donors (Lipinski definition) is 1. The number of nitrogens with zero attached hydrogens (tertiary/aromatic N) is 1. The molecule has 0 saturated carbocycles. The van der Waals surface area contributed by atoms with Gasteiger partial charge in [0.1, 0.15) is 10.5 Å². The standard InChI is InChI=1S/C9H14N2OS/c1-6-7(2)10-8(4-5-12-3)11-9(6)13/h4-5H2,1-3H3,(H,10,11,13). The van der Waals surface area contributed by atoms with Crippen molar-refractivity contribution in [3.63, 3.8) is 0 Å². The van der Waals surface area contributed by atoms with Crippen molar-refractivity contribution < 1.29 is 4.74 Å². The van der Waals surface area contributed by atoms with Crippen LogP contribution in [0.3, 0.4) is 0 Å². The van der Waals surface area contributed by atoms with Crippen molar-refractivity contribution in [2.24, 2.45) is 0 Å².